The van der Waals surface area contributed by atoms with E-state index >= 15 is 0 Å². The molecule has 3 heteroatoms. The van der Waals surface area contributed by atoms with Crippen molar-refractivity contribution in [2.75, 3.05) is 31.1 Å². The molecule has 3 nitrogen and oxygen atoms in total. The predicted octanol–water partition coefficient (Wildman–Crippen LogP) is 2.31. The minimum Gasteiger partial charge on any atom is -0.311 e. The minimum absolute atomic E-state index is 0.287. The number of para-hydroxylation sites is 1. The lowest BCUT2D eigenvalue weighted by molar-refractivity contribution is -0.119. The van der Waals surface area contributed by atoms with E-state index in [1.54, 1.807) is 0 Å². The SMILES string of the molecule is O=C(CN1CC2CCCC2C1)N1CCc2ccccc21. The molecule has 2 unspecified atom stereocenters. The van der Waals surface area contributed by atoms with Crippen LogP contribution < -0.4 is 4.90 Å². The van der Waals surface area contributed by atoms with Crippen LogP contribution in [0.25, 0.3) is 0 Å². The maximum absolute atomic E-state index is 12.6. The summed E-state index contributed by atoms with van der Waals surface area (Å²) in [5.74, 6) is 2.03. The van der Waals surface area contributed by atoms with Crippen LogP contribution in [0.3, 0.4) is 0 Å². The second-order valence-corrected chi connectivity index (χ2v) is 6.57. The van der Waals surface area contributed by atoms with Crippen molar-refractivity contribution in [1.29, 1.82) is 0 Å². The number of rotatable bonds is 2. The fourth-order valence-electron chi connectivity index (χ4n) is 4.34. The van der Waals surface area contributed by atoms with E-state index in [9.17, 15) is 4.79 Å². The summed E-state index contributed by atoms with van der Waals surface area (Å²) in [6.07, 6.45) is 5.16. The van der Waals surface area contributed by atoms with E-state index in [2.05, 4.69) is 23.1 Å². The molecule has 2 aliphatic heterocycles. The topological polar surface area (TPSA) is 23.6 Å². The van der Waals surface area contributed by atoms with Crippen molar-refractivity contribution < 1.29 is 4.79 Å². The quantitative estimate of drug-likeness (QED) is 0.823. The van der Waals surface area contributed by atoms with Crippen LogP contribution >= 0.6 is 0 Å². The zero-order valence-corrected chi connectivity index (χ0v) is 11.9. The summed E-state index contributed by atoms with van der Waals surface area (Å²) < 4.78 is 0. The van der Waals surface area contributed by atoms with Crippen molar-refractivity contribution in [3.05, 3.63) is 29.8 Å². The molecule has 0 spiro atoms. The van der Waals surface area contributed by atoms with Gasteiger partial charge in [0.2, 0.25) is 5.91 Å². The molecule has 4 rings (SSSR count). The molecule has 0 bridgehead atoms. The first-order valence-electron chi connectivity index (χ1n) is 7.92. The molecular formula is C17H22N2O. The maximum Gasteiger partial charge on any atom is 0.241 e. The molecule has 1 aromatic carbocycles. The monoisotopic (exact) mass is 270 g/mol. The fraction of sp³-hybridized carbons (Fsp3) is 0.588. The third-order valence-electron chi connectivity index (χ3n) is 5.35. The molecule has 1 saturated carbocycles. The summed E-state index contributed by atoms with van der Waals surface area (Å²) in [5, 5.41) is 0. The molecule has 2 atom stereocenters. The first-order chi connectivity index (χ1) is 9.81. The number of carbonyl (C=O) groups excluding carboxylic acids is 1. The van der Waals surface area contributed by atoms with E-state index < -0.39 is 0 Å². The average Bonchev–Trinajstić information content (AvgIpc) is 3.10. The first-order valence-corrected chi connectivity index (χ1v) is 7.92. The van der Waals surface area contributed by atoms with Gasteiger partial charge in [0.15, 0.2) is 0 Å². The van der Waals surface area contributed by atoms with Crippen LogP contribution in [0.15, 0.2) is 24.3 Å². The third kappa shape index (κ3) is 2.05. The number of hydrogen-bond acceptors (Lipinski definition) is 2. The maximum atomic E-state index is 12.6. The van der Waals surface area contributed by atoms with Crippen LogP contribution in [0, 0.1) is 11.8 Å². The Balaban J connectivity index is 1.42. The van der Waals surface area contributed by atoms with E-state index in [-0.39, 0.29) is 5.91 Å². The van der Waals surface area contributed by atoms with Gasteiger partial charge >= 0.3 is 0 Å². The van der Waals surface area contributed by atoms with Gasteiger partial charge in [0, 0.05) is 25.3 Å². The lowest BCUT2D eigenvalue weighted by Crippen LogP contribution is -2.39. The number of nitrogens with zero attached hydrogens (tertiary/aromatic N) is 2. The van der Waals surface area contributed by atoms with E-state index in [4.69, 9.17) is 0 Å². The molecule has 0 aromatic heterocycles. The largest absolute Gasteiger partial charge is 0.311 e. The van der Waals surface area contributed by atoms with Crippen molar-refractivity contribution in [3.63, 3.8) is 0 Å². The van der Waals surface area contributed by atoms with Crippen molar-refractivity contribution in [2.45, 2.75) is 25.7 Å². The highest BCUT2D eigenvalue weighted by Crippen LogP contribution is 2.37. The van der Waals surface area contributed by atoms with E-state index in [1.807, 2.05) is 11.0 Å². The van der Waals surface area contributed by atoms with Gasteiger partial charge < -0.3 is 4.90 Å². The minimum atomic E-state index is 0.287. The highest BCUT2D eigenvalue weighted by atomic mass is 16.2. The molecule has 1 amide bonds. The number of likely N-dealkylation sites (tertiary alicyclic amines) is 1. The highest BCUT2D eigenvalue weighted by Gasteiger charge is 2.37. The smallest absolute Gasteiger partial charge is 0.241 e. The lowest BCUT2D eigenvalue weighted by Gasteiger charge is -2.22. The number of carbonyl (C=O) groups is 1. The second-order valence-electron chi connectivity index (χ2n) is 6.57. The number of anilines is 1. The molecule has 106 valence electrons. The molecule has 0 N–H and O–H groups in total. The molecular weight excluding hydrogens is 248 g/mol. The van der Waals surface area contributed by atoms with Crippen LogP contribution in [-0.4, -0.2) is 37.0 Å². The van der Waals surface area contributed by atoms with Gasteiger partial charge in [-0.25, -0.2) is 0 Å². The van der Waals surface area contributed by atoms with Gasteiger partial charge in [-0.2, -0.15) is 0 Å². The van der Waals surface area contributed by atoms with E-state index in [1.165, 1.54) is 24.8 Å². The van der Waals surface area contributed by atoms with Gasteiger partial charge in [-0.05, 0) is 42.7 Å². The zero-order chi connectivity index (χ0) is 13.5. The second kappa shape index (κ2) is 4.88. The molecule has 2 heterocycles. The Kier molecular flexibility index (Phi) is 3.03. The molecule has 2 fully saturated rings. The normalized spacial score (nSPS) is 28.7. The number of hydrogen-bond donors (Lipinski definition) is 0. The molecule has 1 aromatic rings. The molecule has 1 saturated heterocycles. The van der Waals surface area contributed by atoms with E-state index in [0.29, 0.717) is 6.54 Å². The Morgan fingerprint density at radius 3 is 2.70 bits per heavy atom. The Morgan fingerprint density at radius 2 is 1.90 bits per heavy atom. The summed E-state index contributed by atoms with van der Waals surface area (Å²) in [5.41, 5.74) is 2.45. The lowest BCUT2D eigenvalue weighted by atomic mass is 10.0. The molecule has 0 radical (unpaired) electrons. The van der Waals surface area contributed by atoms with Gasteiger partial charge in [0.25, 0.3) is 0 Å². The molecule has 3 aliphatic rings. The Morgan fingerprint density at radius 1 is 1.15 bits per heavy atom. The fourth-order valence-corrected chi connectivity index (χ4v) is 4.34. The van der Waals surface area contributed by atoms with Gasteiger partial charge in [0.1, 0.15) is 0 Å². The van der Waals surface area contributed by atoms with Crippen molar-refractivity contribution in [1.82, 2.24) is 4.90 Å². The number of benzene rings is 1. The predicted molar refractivity (Wildman–Crippen MR) is 79.8 cm³/mol. The summed E-state index contributed by atoms with van der Waals surface area (Å²) in [6.45, 7) is 3.76. The van der Waals surface area contributed by atoms with Crippen LogP contribution in [0.4, 0.5) is 5.69 Å². The van der Waals surface area contributed by atoms with Gasteiger partial charge in [0.05, 0.1) is 6.54 Å². The molecule has 20 heavy (non-hydrogen) atoms. The summed E-state index contributed by atoms with van der Waals surface area (Å²) in [6, 6.07) is 8.32. The average molecular weight is 270 g/mol. The van der Waals surface area contributed by atoms with Gasteiger partial charge in [-0.15, -0.1) is 0 Å². The summed E-state index contributed by atoms with van der Waals surface area (Å²) in [7, 11) is 0. The highest BCUT2D eigenvalue weighted by molar-refractivity contribution is 5.96. The van der Waals surface area contributed by atoms with E-state index in [0.717, 1.165) is 43.6 Å². The Bertz CT molecular complexity index is 515. The molecule has 1 aliphatic carbocycles. The van der Waals surface area contributed by atoms with Gasteiger partial charge in [-0.1, -0.05) is 24.6 Å². The Labute approximate surface area is 120 Å². The van der Waals surface area contributed by atoms with Crippen LogP contribution in [0.2, 0.25) is 0 Å². The van der Waals surface area contributed by atoms with Crippen LogP contribution in [-0.2, 0) is 11.2 Å². The van der Waals surface area contributed by atoms with Crippen molar-refractivity contribution >= 4 is 11.6 Å². The number of amides is 1. The van der Waals surface area contributed by atoms with Crippen LogP contribution in [0.1, 0.15) is 24.8 Å². The summed E-state index contributed by atoms with van der Waals surface area (Å²) >= 11 is 0. The first kappa shape index (κ1) is 12.4. The van der Waals surface area contributed by atoms with Crippen molar-refractivity contribution in [2.24, 2.45) is 11.8 Å². The Hall–Kier alpha value is -1.35. The zero-order valence-electron chi connectivity index (χ0n) is 11.9. The standard InChI is InChI=1S/C17H22N2O/c20-17(12-18-10-14-5-3-6-15(14)11-18)19-9-8-13-4-1-2-7-16(13)19/h1-2,4,7,14-15H,3,5-6,8-12H2. The van der Waals surface area contributed by atoms with Gasteiger partial charge in [-0.3, -0.25) is 9.69 Å². The summed E-state index contributed by atoms with van der Waals surface area (Å²) in [4.78, 5) is 16.9. The number of fused-ring (bicyclic) bond motifs is 2. The van der Waals surface area contributed by atoms with Crippen molar-refractivity contribution in [3.8, 4) is 0 Å². The van der Waals surface area contributed by atoms with Crippen LogP contribution in [0.5, 0.6) is 0 Å². The third-order valence-corrected chi connectivity index (χ3v) is 5.35.